The number of amides is 1. The molecule has 1 aliphatic rings. The smallest absolute Gasteiger partial charge is 0.223 e. The lowest BCUT2D eigenvalue weighted by Gasteiger charge is -2.32. The molecule has 0 saturated carbocycles. The highest BCUT2D eigenvalue weighted by molar-refractivity contribution is 5.76. The predicted molar refractivity (Wildman–Crippen MR) is 97.3 cm³/mol. The zero-order valence-corrected chi connectivity index (χ0v) is 15.8. The molecule has 1 amide bonds. The van der Waals surface area contributed by atoms with E-state index in [-0.39, 0.29) is 17.8 Å². The summed E-state index contributed by atoms with van der Waals surface area (Å²) in [7, 11) is 0. The second-order valence-electron chi connectivity index (χ2n) is 6.98. The SMILES string of the molecule is Cc1nnc2n1[C@H](C)CN(C(=O)CCCn1nnc(-c3ccc(F)cc3)n1)C2. The molecular weight excluding hydrogens is 363 g/mol. The maximum absolute atomic E-state index is 13.0. The molecule has 0 spiro atoms. The van der Waals surface area contributed by atoms with E-state index < -0.39 is 0 Å². The molecule has 0 N–H and O–H groups in total. The first kappa shape index (κ1) is 18.2. The lowest BCUT2D eigenvalue weighted by molar-refractivity contribution is -0.133. The fourth-order valence-corrected chi connectivity index (χ4v) is 3.50. The number of halogens is 1. The summed E-state index contributed by atoms with van der Waals surface area (Å²) in [5, 5.41) is 20.6. The number of benzene rings is 1. The van der Waals surface area contributed by atoms with Crippen LogP contribution in [0.4, 0.5) is 4.39 Å². The van der Waals surface area contributed by atoms with E-state index in [1.165, 1.54) is 16.9 Å². The van der Waals surface area contributed by atoms with Crippen LogP contribution in [0, 0.1) is 12.7 Å². The van der Waals surface area contributed by atoms with Crippen molar-refractivity contribution in [2.45, 2.75) is 45.8 Å². The molecular formula is C18H21FN8O. The molecule has 146 valence electrons. The van der Waals surface area contributed by atoms with E-state index in [4.69, 9.17) is 0 Å². The molecule has 0 aliphatic carbocycles. The Kier molecular flexibility index (Phi) is 4.84. The fraction of sp³-hybridized carbons (Fsp3) is 0.444. The third kappa shape index (κ3) is 3.62. The van der Waals surface area contributed by atoms with Crippen LogP contribution in [0.2, 0.25) is 0 Å². The molecule has 0 fully saturated rings. The van der Waals surface area contributed by atoms with Crippen LogP contribution in [-0.2, 0) is 17.9 Å². The van der Waals surface area contributed by atoms with Crippen LogP contribution < -0.4 is 0 Å². The Morgan fingerprint density at radius 2 is 2.00 bits per heavy atom. The van der Waals surface area contributed by atoms with E-state index in [1.54, 1.807) is 12.1 Å². The summed E-state index contributed by atoms with van der Waals surface area (Å²) in [6.07, 6.45) is 1.00. The number of carbonyl (C=O) groups is 1. The summed E-state index contributed by atoms with van der Waals surface area (Å²) in [6.45, 7) is 5.62. The summed E-state index contributed by atoms with van der Waals surface area (Å²) < 4.78 is 15.1. The number of aryl methyl sites for hydroxylation is 2. The Bertz CT molecular complexity index is 980. The van der Waals surface area contributed by atoms with Crippen molar-refractivity contribution in [2.75, 3.05) is 6.54 Å². The third-order valence-electron chi connectivity index (χ3n) is 4.85. The summed E-state index contributed by atoms with van der Waals surface area (Å²) in [5.41, 5.74) is 0.699. The lowest BCUT2D eigenvalue weighted by atomic mass is 10.2. The molecule has 1 aromatic carbocycles. The molecule has 28 heavy (non-hydrogen) atoms. The molecule has 3 heterocycles. The third-order valence-corrected chi connectivity index (χ3v) is 4.85. The van der Waals surface area contributed by atoms with Gasteiger partial charge in [0.2, 0.25) is 11.7 Å². The van der Waals surface area contributed by atoms with E-state index in [0.29, 0.717) is 43.9 Å². The van der Waals surface area contributed by atoms with Crippen LogP contribution in [0.25, 0.3) is 11.4 Å². The normalized spacial score (nSPS) is 16.2. The van der Waals surface area contributed by atoms with Crippen molar-refractivity contribution in [3.8, 4) is 11.4 Å². The predicted octanol–water partition coefficient (Wildman–Crippen LogP) is 1.76. The van der Waals surface area contributed by atoms with Crippen LogP contribution >= 0.6 is 0 Å². The monoisotopic (exact) mass is 384 g/mol. The van der Waals surface area contributed by atoms with Gasteiger partial charge >= 0.3 is 0 Å². The second kappa shape index (κ2) is 7.45. The van der Waals surface area contributed by atoms with Crippen molar-refractivity contribution in [1.82, 2.24) is 39.9 Å². The van der Waals surface area contributed by atoms with Gasteiger partial charge in [-0.25, -0.2) is 4.39 Å². The van der Waals surface area contributed by atoms with Crippen molar-refractivity contribution < 1.29 is 9.18 Å². The zero-order chi connectivity index (χ0) is 19.7. The average molecular weight is 384 g/mol. The minimum absolute atomic E-state index is 0.0811. The highest BCUT2D eigenvalue weighted by Gasteiger charge is 2.27. The molecule has 1 aliphatic heterocycles. The largest absolute Gasteiger partial charge is 0.333 e. The number of rotatable bonds is 5. The zero-order valence-electron chi connectivity index (χ0n) is 15.8. The summed E-state index contributed by atoms with van der Waals surface area (Å²) in [5.74, 6) is 1.91. The van der Waals surface area contributed by atoms with Crippen molar-refractivity contribution >= 4 is 5.91 Å². The Hall–Kier alpha value is -3.17. The van der Waals surface area contributed by atoms with Gasteiger partial charge in [-0.3, -0.25) is 4.79 Å². The average Bonchev–Trinajstić information content (AvgIpc) is 3.29. The molecule has 3 aromatic rings. The number of hydrogen-bond acceptors (Lipinski definition) is 6. The van der Waals surface area contributed by atoms with Gasteiger partial charge < -0.3 is 9.47 Å². The van der Waals surface area contributed by atoms with E-state index in [1.807, 2.05) is 11.8 Å². The fourth-order valence-electron chi connectivity index (χ4n) is 3.50. The molecule has 0 unspecified atom stereocenters. The molecule has 2 aromatic heterocycles. The van der Waals surface area contributed by atoms with Gasteiger partial charge in [-0.1, -0.05) is 0 Å². The topological polar surface area (TPSA) is 94.6 Å². The maximum atomic E-state index is 13.0. The molecule has 1 atom stereocenters. The molecule has 9 nitrogen and oxygen atoms in total. The van der Waals surface area contributed by atoms with Crippen molar-refractivity contribution in [3.63, 3.8) is 0 Å². The molecule has 0 radical (unpaired) electrons. The Balaban J connectivity index is 1.31. The van der Waals surface area contributed by atoms with Crippen LogP contribution in [-0.4, -0.2) is 52.3 Å². The number of fused-ring (bicyclic) bond motifs is 1. The van der Waals surface area contributed by atoms with Crippen LogP contribution in [0.1, 0.15) is 37.5 Å². The first-order valence-corrected chi connectivity index (χ1v) is 9.23. The number of hydrogen-bond donors (Lipinski definition) is 0. The Morgan fingerprint density at radius 3 is 2.79 bits per heavy atom. The van der Waals surface area contributed by atoms with Gasteiger partial charge in [-0.2, -0.15) is 4.80 Å². The Labute approximate surface area is 161 Å². The summed E-state index contributed by atoms with van der Waals surface area (Å²) in [6, 6.07) is 6.10. The van der Waals surface area contributed by atoms with Gasteiger partial charge in [0.05, 0.1) is 19.1 Å². The standard InChI is InChI=1S/C18H21FN8O/c1-12-10-25(11-16-21-20-13(2)27(12)16)17(28)4-3-9-26-23-18(22-24-26)14-5-7-15(19)8-6-14/h5-8,12H,3-4,9-11H2,1-2H3/t12-/m1/s1. The van der Waals surface area contributed by atoms with E-state index in [0.717, 1.165) is 11.6 Å². The van der Waals surface area contributed by atoms with Gasteiger partial charge in [0, 0.05) is 18.5 Å². The van der Waals surface area contributed by atoms with Gasteiger partial charge in [-0.15, -0.1) is 20.4 Å². The second-order valence-corrected chi connectivity index (χ2v) is 6.98. The summed E-state index contributed by atoms with van der Waals surface area (Å²) >= 11 is 0. The quantitative estimate of drug-likeness (QED) is 0.665. The van der Waals surface area contributed by atoms with Crippen LogP contribution in [0.3, 0.4) is 0 Å². The van der Waals surface area contributed by atoms with Crippen molar-refractivity contribution in [2.24, 2.45) is 0 Å². The van der Waals surface area contributed by atoms with Crippen LogP contribution in [0.15, 0.2) is 24.3 Å². The number of nitrogens with zero attached hydrogens (tertiary/aromatic N) is 8. The summed E-state index contributed by atoms with van der Waals surface area (Å²) in [4.78, 5) is 15.9. The maximum Gasteiger partial charge on any atom is 0.223 e. The highest BCUT2D eigenvalue weighted by atomic mass is 19.1. The van der Waals surface area contributed by atoms with Crippen LogP contribution in [0.5, 0.6) is 0 Å². The van der Waals surface area contributed by atoms with Gasteiger partial charge in [0.1, 0.15) is 11.6 Å². The Morgan fingerprint density at radius 1 is 1.21 bits per heavy atom. The van der Waals surface area contributed by atoms with Crippen molar-refractivity contribution in [1.29, 1.82) is 0 Å². The first-order chi connectivity index (χ1) is 13.5. The lowest BCUT2D eigenvalue weighted by Crippen LogP contribution is -2.40. The molecule has 0 bridgehead atoms. The van der Waals surface area contributed by atoms with E-state index in [2.05, 4.69) is 37.1 Å². The van der Waals surface area contributed by atoms with Gasteiger partial charge in [0.25, 0.3) is 0 Å². The molecule has 10 heteroatoms. The van der Waals surface area contributed by atoms with E-state index >= 15 is 0 Å². The highest BCUT2D eigenvalue weighted by Crippen LogP contribution is 2.21. The van der Waals surface area contributed by atoms with Gasteiger partial charge in [-0.05, 0) is 49.7 Å². The minimum Gasteiger partial charge on any atom is -0.333 e. The molecule has 4 rings (SSSR count). The number of tetrazole rings is 1. The van der Waals surface area contributed by atoms with Gasteiger partial charge in [0.15, 0.2) is 5.82 Å². The first-order valence-electron chi connectivity index (χ1n) is 9.23. The minimum atomic E-state index is -0.310. The number of aromatic nitrogens is 7. The van der Waals surface area contributed by atoms with E-state index in [9.17, 15) is 9.18 Å². The number of carbonyl (C=O) groups excluding carboxylic acids is 1. The van der Waals surface area contributed by atoms with Crippen molar-refractivity contribution in [3.05, 3.63) is 41.7 Å². The molecule has 0 saturated heterocycles.